The third kappa shape index (κ3) is 5.28. The molecule has 178 valence electrons. The normalized spacial score (nSPS) is 10.6. The van der Waals surface area contributed by atoms with Crippen molar-refractivity contribution in [1.82, 2.24) is 4.98 Å². The first-order chi connectivity index (χ1) is 17.5. The molecule has 1 amide bonds. The van der Waals surface area contributed by atoms with Crippen molar-refractivity contribution < 1.29 is 4.79 Å². The Hall–Kier alpha value is -4.84. The van der Waals surface area contributed by atoms with E-state index < -0.39 is 0 Å². The molecule has 36 heavy (non-hydrogen) atoms. The molecule has 0 saturated carbocycles. The van der Waals surface area contributed by atoms with Crippen molar-refractivity contribution in [1.29, 1.82) is 0 Å². The van der Waals surface area contributed by atoms with E-state index in [9.17, 15) is 4.79 Å². The number of fused-ring (bicyclic) bond motifs is 1. The van der Waals surface area contributed by atoms with E-state index in [1.54, 1.807) is 6.20 Å². The number of pyridine rings is 1. The van der Waals surface area contributed by atoms with Gasteiger partial charge in [-0.3, -0.25) is 9.78 Å². The molecule has 0 fully saturated rings. The fraction of sp³-hybridized carbons (Fsp3) is 0.0667. The summed E-state index contributed by atoms with van der Waals surface area (Å²) in [6, 6.07) is 33.2. The number of hydrogen-bond donors (Lipinski definition) is 3. The lowest BCUT2D eigenvalue weighted by Crippen LogP contribution is -2.11. The predicted octanol–water partition coefficient (Wildman–Crippen LogP) is 7.04. The van der Waals surface area contributed by atoms with Crippen LogP contribution < -0.4 is 20.9 Å². The van der Waals surface area contributed by atoms with Gasteiger partial charge in [0.2, 0.25) is 0 Å². The van der Waals surface area contributed by atoms with Crippen LogP contribution in [0.15, 0.2) is 109 Å². The summed E-state index contributed by atoms with van der Waals surface area (Å²) < 4.78 is 0. The Labute approximate surface area is 210 Å². The number of amides is 1. The Balaban J connectivity index is 1.28. The predicted molar refractivity (Wildman–Crippen MR) is 150 cm³/mol. The number of carbonyl (C=O) groups is 1. The number of nitrogens with one attached hydrogen (secondary N) is 3. The molecular weight excluding hydrogens is 446 g/mol. The van der Waals surface area contributed by atoms with Gasteiger partial charge in [0.1, 0.15) is 0 Å². The van der Waals surface area contributed by atoms with E-state index in [-0.39, 0.29) is 5.91 Å². The lowest BCUT2D eigenvalue weighted by molar-refractivity contribution is 0.102. The summed E-state index contributed by atoms with van der Waals surface area (Å²) in [5, 5.41) is 10.8. The highest BCUT2D eigenvalue weighted by atomic mass is 16.1. The zero-order valence-electron chi connectivity index (χ0n) is 20.2. The standard InChI is InChI=1S/C30H27N5O/c1-35(2)26-15-16-28-27(20-26)29(17-18-31-28)33-23-13-11-21(12-14-23)30(36)34-25-10-6-9-24(19-25)32-22-7-4-3-5-8-22/h3-20,32H,1-2H3,(H,31,33)(H,34,36). The van der Waals surface area contributed by atoms with E-state index in [1.807, 2.05) is 105 Å². The maximum absolute atomic E-state index is 12.9. The molecule has 1 heterocycles. The highest BCUT2D eigenvalue weighted by Gasteiger charge is 2.09. The molecule has 0 bridgehead atoms. The van der Waals surface area contributed by atoms with Gasteiger partial charge in [-0.2, -0.15) is 0 Å². The molecule has 0 saturated heterocycles. The Morgan fingerprint density at radius 1 is 0.694 bits per heavy atom. The lowest BCUT2D eigenvalue weighted by Gasteiger charge is -2.15. The summed E-state index contributed by atoms with van der Waals surface area (Å²) >= 11 is 0. The summed E-state index contributed by atoms with van der Waals surface area (Å²) in [7, 11) is 4.04. The van der Waals surface area contributed by atoms with Crippen LogP contribution in [0.5, 0.6) is 0 Å². The smallest absolute Gasteiger partial charge is 0.255 e. The summed E-state index contributed by atoms with van der Waals surface area (Å²) in [4.78, 5) is 19.4. The topological polar surface area (TPSA) is 69.3 Å². The molecule has 6 heteroatoms. The summed E-state index contributed by atoms with van der Waals surface area (Å²) in [5.41, 5.74) is 7.08. The van der Waals surface area contributed by atoms with Gasteiger partial charge in [-0.15, -0.1) is 0 Å². The number of rotatable bonds is 7. The number of carbonyl (C=O) groups excluding carboxylic acids is 1. The van der Waals surface area contributed by atoms with Crippen molar-refractivity contribution in [2.75, 3.05) is 34.9 Å². The molecule has 0 radical (unpaired) electrons. The Morgan fingerprint density at radius 2 is 1.42 bits per heavy atom. The molecule has 5 rings (SSSR count). The zero-order chi connectivity index (χ0) is 24.9. The molecular formula is C30H27N5O. The van der Waals surface area contributed by atoms with E-state index in [2.05, 4.69) is 38.0 Å². The number of anilines is 6. The van der Waals surface area contributed by atoms with E-state index >= 15 is 0 Å². The fourth-order valence-corrected chi connectivity index (χ4v) is 3.95. The van der Waals surface area contributed by atoms with Crippen LogP contribution in [0.2, 0.25) is 0 Å². The molecule has 3 N–H and O–H groups in total. The highest BCUT2D eigenvalue weighted by Crippen LogP contribution is 2.28. The van der Waals surface area contributed by atoms with Crippen LogP contribution in [-0.2, 0) is 0 Å². The van der Waals surface area contributed by atoms with Crippen molar-refractivity contribution in [2.24, 2.45) is 0 Å². The van der Waals surface area contributed by atoms with E-state index in [0.29, 0.717) is 5.56 Å². The molecule has 0 aliphatic carbocycles. The molecule has 1 aromatic heterocycles. The largest absolute Gasteiger partial charge is 0.378 e. The second-order valence-electron chi connectivity index (χ2n) is 8.68. The van der Waals surface area contributed by atoms with Crippen molar-refractivity contribution in [3.63, 3.8) is 0 Å². The molecule has 0 spiro atoms. The number of nitrogens with zero attached hydrogens (tertiary/aromatic N) is 2. The van der Waals surface area contributed by atoms with E-state index in [4.69, 9.17) is 0 Å². The Morgan fingerprint density at radius 3 is 2.19 bits per heavy atom. The number of benzene rings is 4. The average molecular weight is 474 g/mol. The molecule has 4 aromatic carbocycles. The lowest BCUT2D eigenvalue weighted by atomic mass is 10.1. The monoisotopic (exact) mass is 473 g/mol. The van der Waals surface area contributed by atoms with Crippen LogP contribution in [-0.4, -0.2) is 25.0 Å². The molecule has 5 aromatic rings. The third-order valence-corrected chi connectivity index (χ3v) is 5.85. The minimum absolute atomic E-state index is 0.164. The summed E-state index contributed by atoms with van der Waals surface area (Å²) in [6.45, 7) is 0. The van der Waals surface area contributed by atoms with Gasteiger partial charge in [0.25, 0.3) is 5.91 Å². The van der Waals surface area contributed by atoms with Gasteiger partial charge in [0.05, 0.1) is 5.52 Å². The first-order valence-electron chi connectivity index (χ1n) is 11.7. The van der Waals surface area contributed by atoms with Crippen molar-refractivity contribution in [3.8, 4) is 0 Å². The number of para-hydroxylation sites is 1. The van der Waals surface area contributed by atoms with Gasteiger partial charge in [0.15, 0.2) is 0 Å². The quantitative estimate of drug-likeness (QED) is 0.236. The SMILES string of the molecule is CN(C)c1ccc2nccc(Nc3ccc(C(=O)Nc4cccc(Nc5ccccc5)c4)cc3)c2c1. The van der Waals surface area contributed by atoms with Gasteiger partial charge in [-0.1, -0.05) is 24.3 Å². The molecule has 6 nitrogen and oxygen atoms in total. The maximum atomic E-state index is 12.9. The van der Waals surface area contributed by atoms with E-state index in [1.165, 1.54) is 0 Å². The van der Waals surface area contributed by atoms with Crippen LogP contribution in [0.3, 0.4) is 0 Å². The number of aromatic nitrogens is 1. The minimum Gasteiger partial charge on any atom is -0.378 e. The van der Waals surface area contributed by atoms with Gasteiger partial charge in [-0.05, 0) is 78.9 Å². The maximum Gasteiger partial charge on any atom is 0.255 e. The third-order valence-electron chi connectivity index (χ3n) is 5.85. The molecule has 0 atom stereocenters. The number of hydrogen-bond acceptors (Lipinski definition) is 5. The first-order valence-corrected chi connectivity index (χ1v) is 11.7. The van der Waals surface area contributed by atoms with Crippen LogP contribution in [0, 0.1) is 0 Å². The van der Waals surface area contributed by atoms with Crippen LogP contribution in [0.1, 0.15) is 10.4 Å². The van der Waals surface area contributed by atoms with Gasteiger partial charge in [0, 0.05) is 65.4 Å². The fourth-order valence-electron chi connectivity index (χ4n) is 3.95. The van der Waals surface area contributed by atoms with Crippen LogP contribution >= 0.6 is 0 Å². The Bertz CT molecular complexity index is 1500. The second-order valence-corrected chi connectivity index (χ2v) is 8.68. The molecule has 0 aliphatic rings. The van der Waals surface area contributed by atoms with Gasteiger partial charge >= 0.3 is 0 Å². The highest BCUT2D eigenvalue weighted by molar-refractivity contribution is 6.04. The van der Waals surface area contributed by atoms with Gasteiger partial charge in [-0.25, -0.2) is 0 Å². The van der Waals surface area contributed by atoms with Gasteiger partial charge < -0.3 is 20.9 Å². The summed E-state index contributed by atoms with van der Waals surface area (Å²) in [6.07, 6.45) is 1.79. The molecule has 0 aliphatic heterocycles. The summed E-state index contributed by atoms with van der Waals surface area (Å²) in [5.74, 6) is -0.164. The van der Waals surface area contributed by atoms with Crippen LogP contribution in [0.25, 0.3) is 10.9 Å². The zero-order valence-corrected chi connectivity index (χ0v) is 20.2. The minimum atomic E-state index is -0.164. The van der Waals surface area contributed by atoms with Crippen molar-refractivity contribution in [2.45, 2.75) is 0 Å². The van der Waals surface area contributed by atoms with E-state index in [0.717, 1.165) is 45.0 Å². The Kier molecular flexibility index (Phi) is 6.49. The first kappa shape index (κ1) is 22.9. The van der Waals surface area contributed by atoms with Crippen LogP contribution in [0.4, 0.5) is 34.1 Å². The van der Waals surface area contributed by atoms with Crippen molar-refractivity contribution in [3.05, 3.63) is 115 Å². The van der Waals surface area contributed by atoms with Crippen molar-refractivity contribution >= 4 is 50.9 Å². The molecule has 0 unspecified atom stereocenters. The average Bonchev–Trinajstić information content (AvgIpc) is 2.90. The second kappa shape index (κ2) is 10.2.